The Morgan fingerprint density at radius 3 is 2.91 bits per heavy atom. The lowest BCUT2D eigenvalue weighted by Crippen LogP contribution is -1.92. The fourth-order valence-electron chi connectivity index (χ4n) is 2.69. The van der Waals surface area contributed by atoms with Crippen LogP contribution in [0.4, 0.5) is 0 Å². The number of allylic oxidation sites excluding steroid dienone is 1. The highest BCUT2D eigenvalue weighted by molar-refractivity contribution is 6.44. The van der Waals surface area contributed by atoms with Gasteiger partial charge in [0.1, 0.15) is 0 Å². The highest BCUT2D eigenvalue weighted by atomic mass is 35.5. The van der Waals surface area contributed by atoms with Crippen molar-refractivity contribution in [2.75, 3.05) is 6.54 Å². The van der Waals surface area contributed by atoms with Crippen LogP contribution in [0.5, 0.6) is 0 Å². The maximum atomic E-state index is 6.36. The minimum absolute atomic E-state index is 0.538. The van der Waals surface area contributed by atoms with Crippen LogP contribution in [0.2, 0.25) is 10.0 Å². The summed E-state index contributed by atoms with van der Waals surface area (Å²) in [5.41, 5.74) is 4.80. The van der Waals surface area contributed by atoms with Crippen LogP contribution in [-0.4, -0.2) is 27.9 Å². The summed E-state index contributed by atoms with van der Waals surface area (Å²) < 4.78 is 0. The quantitative estimate of drug-likeness (QED) is 0.764. The number of aromatic amines is 1. The number of fused-ring (bicyclic) bond motifs is 1. The van der Waals surface area contributed by atoms with Crippen molar-refractivity contribution in [3.05, 3.63) is 57.8 Å². The molecular formula is C16H10Cl2N4. The van der Waals surface area contributed by atoms with Crippen molar-refractivity contribution in [1.29, 1.82) is 0 Å². The summed E-state index contributed by atoms with van der Waals surface area (Å²) >= 11 is 12.5. The molecule has 0 spiro atoms. The number of halogens is 2. The van der Waals surface area contributed by atoms with Crippen molar-refractivity contribution in [2.24, 2.45) is 4.99 Å². The van der Waals surface area contributed by atoms with E-state index < -0.39 is 0 Å². The molecule has 1 aromatic carbocycles. The second kappa shape index (κ2) is 5.23. The molecule has 22 heavy (non-hydrogen) atoms. The molecular weight excluding hydrogens is 319 g/mol. The number of benzene rings is 1. The number of nitrogens with one attached hydrogen (secondary N) is 1. The topological polar surface area (TPSA) is 53.9 Å². The Bertz CT molecular complexity index is 940. The lowest BCUT2D eigenvalue weighted by molar-refractivity contribution is 1.06. The molecule has 0 aliphatic carbocycles. The first-order chi connectivity index (χ1) is 10.8. The van der Waals surface area contributed by atoms with E-state index in [1.54, 1.807) is 12.3 Å². The predicted octanol–water partition coefficient (Wildman–Crippen LogP) is 4.26. The van der Waals surface area contributed by atoms with E-state index in [9.17, 15) is 0 Å². The third-order valence-electron chi connectivity index (χ3n) is 3.73. The molecule has 2 aromatic heterocycles. The molecule has 0 saturated heterocycles. The van der Waals surface area contributed by atoms with Crippen molar-refractivity contribution in [1.82, 2.24) is 15.2 Å². The van der Waals surface area contributed by atoms with Gasteiger partial charge in [0.25, 0.3) is 0 Å². The maximum absolute atomic E-state index is 6.36. The van der Waals surface area contributed by atoms with Crippen molar-refractivity contribution < 1.29 is 0 Å². The number of rotatable bonds is 2. The van der Waals surface area contributed by atoms with E-state index in [0.717, 1.165) is 33.3 Å². The van der Waals surface area contributed by atoms with Gasteiger partial charge in [0.15, 0.2) is 5.65 Å². The van der Waals surface area contributed by atoms with Crippen LogP contribution in [0, 0.1) is 0 Å². The standard InChI is InChI=1S/C16H10Cl2N4/c17-14-3-1-2-9(15(14)18)11-6-19-7-12(11)13-8-20-16-10(13)4-5-21-22-16/h1-6,8H,7H2,(H,20,22). The minimum atomic E-state index is 0.538. The van der Waals surface area contributed by atoms with Crippen LogP contribution in [0.1, 0.15) is 11.1 Å². The molecule has 108 valence electrons. The van der Waals surface area contributed by atoms with Gasteiger partial charge >= 0.3 is 0 Å². The monoisotopic (exact) mass is 328 g/mol. The molecule has 0 fully saturated rings. The molecule has 6 heteroatoms. The van der Waals surface area contributed by atoms with Crippen molar-refractivity contribution in [3.8, 4) is 0 Å². The zero-order valence-electron chi connectivity index (χ0n) is 11.3. The fraction of sp³-hybridized carbons (Fsp3) is 0.0625. The van der Waals surface area contributed by atoms with Gasteiger partial charge in [-0.25, -0.2) is 0 Å². The van der Waals surface area contributed by atoms with E-state index in [4.69, 9.17) is 23.2 Å². The molecule has 4 rings (SSSR count). The summed E-state index contributed by atoms with van der Waals surface area (Å²) in [7, 11) is 0. The Morgan fingerprint density at radius 2 is 2.00 bits per heavy atom. The van der Waals surface area contributed by atoms with Gasteiger partial charge in [0.05, 0.1) is 22.8 Å². The summed E-state index contributed by atoms with van der Waals surface area (Å²) in [6.07, 6.45) is 5.46. The minimum Gasteiger partial charge on any atom is -0.344 e. The number of aromatic nitrogens is 3. The largest absolute Gasteiger partial charge is 0.344 e. The van der Waals surface area contributed by atoms with Crippen LogP contribution < -0.4 is 0 Å². The highest BCUT2D eigenvalue weighted by Gasteiger charge is 2.20. The van der Waals surface area contributed by atoms with E-state index in [-0.39, 0.29) is 0 Å². The Kier molecular flexibility index (Phi) is 3.21. The number of hydrogen-bond acceptors (Lipinski definition) is 3. The van der Waals surface area contributed by atoms with Gasteiger partial charge in [0, 0.05) is 34.5 Å². The smallest absolute Gasteiger partial charge is 0.160 e. The maximum Gasteiger partial charge on any atom is 0.160 e. The van der Waals surface area contributed by atoms with E-state index in [0.29, 0.717) is 16.6 Å². The normalized spacial score (nSPS) is 14.3. The van der Waals surface area contributed by atoms with E-state index in [1.165, 1.54) is 0 Å². The molecule has 4 nitrogen and oxygen atoms in total. The highest BCUT2D eigenvalue weighted by Crippen LogP contribution is 2.37. The van der Waals surface area contributed by atoms with Crippen molar-refractivity contribution in [3.63, 3.8) is 0 Å². The predicted molar refractivity (Wildman–Crippen MR) is 90.5 cm³/mol. The fourth-order valence-corrected chi connectivity index (χ4v) is 3.09. The molecule has 1 N–H and O–H groups in total. The third-order valence-corrected chi connectivity index (χ3v) is 4.54. The first-order valence-electron chi connectivity index (χ1n) is 6.72. The van der Waals surface area contributed by atoms with Gasteiger partial charge in [-0.05, 0) is 17.7 Å². The Morgan fingerprint density at radius 1 is 1.09 bits per heavy atom. The summed E-state index contributed by atoms with van der Waals surface area (Å²) in [5.74, 6) is 0. The van der Waals surface area contributed by atoms with Gasteiger partial charge < -0.3 is 4.98 Å². The average Bonchev–Trinajstić information content (AvgIpc) is 3.16. The number of nitrogens with zero attached hydrogens (tertiary/aromatic N) is 3. The lowest BCUT2D eigenvalue weighted by Gasteiger charge is -2.08. The average molecular weight is 329 g/mol. The molecule has 0 saturated carbocycles. The van der Waals surface area contributed by atoms with E-state index in [2.05, 4.69) is 20.2 Å². The second-order valence-corrected chi connectivity index (χ2v) is 5.74. The molecule has 0 bridgehead atoms. The second-order valence-electron chi connectivity index (χ2n) is 4.96. The third kappa shape index (κ3) is 2.03. The Balaban J connectivity index is 1.95. The van der Waals surface area contributed by atoms with Gasteiger partial charge in [-0.15, -0.1) is 5.10 Å². The van der Waals surface area contributed by atoms with Gasteiger partial charge in [-0.3, -0.25) is 4.99 Å². The van der Waals surface area contributed by atoms with E-state index in [1.807, 2.05) is 30.6 Å². The zero-order valence-corrected chi connectivity index (χ0v) is 12.9. The van der Waals surface area contributed by atoms with Crippen LogP contribution in [0.15, 0.2) is 41.7 Å². The number of aliphatic imine (C=N–C) groups is 1. The van der Waals surface area contributed by atoms with Crippen LogP contribution in [-0.2, 0) is 0 Å². The van der Waals surface area contributed by atoms with Gasteiger partial charge in [0.2, 0.25) is 0 Å². The summed E-state index contributed by atoms with van der Waals surface area (Å²) in [6.45, 7) is 0.605. The van der Waals surface area contributed by atoms with Gasteiger partial charge in [-0.2, -0.15) is 5.10 Å². The molecule has 1 aliphatic heterocycles. The molecule has 0 radical (unpaired) electrons. The molecule has 0 amide bonds. The van der Waals surface area contributed by atoms with E-state index >= 15 is 0 Å². The zero-order chi connectivity index (χ0) is 15.1. The van der Waals surface area contributed by atoms with Crippen LogP contribution in [0.25, 0.3) is 22.2 Å². The molecule has 1 aliphatic rings. The Hall–Kier alpha value is -2.17. The molecule has 3 heterocycles. The summed E-state index contributed by atoms with van der Waals surface area (Å²) in [6, 6.07) is 7.56. The first-order valence-corrected chi connectivity index (χ1v) is 7.48. The van der Waals surface area contributed by atoms with Gasteiger partial charge in [-0.1, -0.05) is 35.3 Å². The number of H-pyrrole nitrogens is 1. The Labute approximate surface area is 136 Å². The first kappa shape index (κ1) is 13.5. The number of hydrogen-bond donors (Lipinski definition) is 1. The SMILES string of the molecule is Clc1cccc(C2=C(c3c[nH]c4nnccc34)CN=C2)c1Cl. The van der Waals surface area contributed by atoms with Crippen LogP contribution in [0.3, 0.4) is 0 Å². The molecule has 3 aromatic rings. The lowest BCUT2D eigenvalue weighted by atomic mass is 9.97. The van der Waals surface area contributed by atoms with Crippen LogP contribution >= 0.6 is 23.2 Å². The summed E-state index contributed by atoms with van der Waals surface area (Å²) in [4.78, 5) is 7.55. The summed E-state index contributed by atoms with van der Waals surface area (Å²) in [5, 5.41) is 10.1. The van der Waals surface area contributed by atoms with Crippen molar-refractivity contribution in [2.45, 2.75) is 0 Å². The molecule has 0 atom stereocenters. The molecule has 0 unspecified atom stereocenters. The van der Waals surface area contributed by atoms with Crippen molar-refractivity contribution >= 4 is 51.6 Å².